The van der Waals surface area contributed by atoms with Crippen LogP contribution in [-0.2, 0) is 4.79 Å². The van der Waals surface area contributed by atoms with Crippen molar-refractivity contribution in [1.29, 1.82) is 0 Å². The van der Waals surface area contributed by atoms with Crippen LogP contribution >= 0.6 is 12.2 Å². The molecule has 0 aromatic heterocycles. The lowest BCUT2D eigenvalue weighted by molar-refractivity contribution is -0.113. The van der Waals surface area contributed by atoms with Gasteiger partial charge in [-0.1, -0.05) is 6.07 Å². The predicted octanol–water partition coefficient (Wildman–Crippen LogP) is 4.81. The summed E-state index contributed by atoms with van der Waals surface area (Å²) in [6.45, 7) is 2.44. The summed E-state index contributed by atoms with van der Waals surface area (Å²) >= 11 is 5.31. The fourth-order valence-corrected chi connectivity index (χ4v) is 3.99. The molecule has 1 aliphatic carbocycles. The van der Waals surface area contributed by atoms with E-state index in [4.69, 9.17) is 21.7 Å². The predicted molar refractivity (Wildman–Crippen MR) is 118 cm³/mol. The molecular formula is C23H23FN2O3S. The van der Waals surface area contributed by atoms with Gasteiger partial charge in [-0.15, -0.1) is 0 Å². The Morgan fingerprint density at radius 3 is 2.60 bits per heavy atom. The highest BCUT2D eigenvalue weighted by atomic mass is 32.1. The molecule has 0 radical (unpaired) electrons. The first kappa shape index (κ1) is 20.3. The second-order valence-electron chi connectivity index (χ2n) is 7.27. The van der Waals surface area contributed by atoms with E-state index in [1.165, 1.54) is 42.0 Å². The maximum Gasteiger partial charge on any atom is 0.281 e. The van der Waals surface area contributed by atoms with Crippen molar-refractivity contribution in [1.82, 2.24) is 5.32 Å². The lowest BCUT2D eigenvalue weighted by Gasteiger charge is -2.17. The van der Waals surface area contributed by atoms with Crippen LogP contribution < -0.4 is 19.7 Å². The van der Waals surface area contributed by atoms with Gasteiger partial charge in [0.1, 0.15) is 11.5 Å². The van der Waals surface area contributed by atoms with E-state index in [1.807, 2.05) is 25.1 Å². The highest BCUT2D eigenvalue weighted by Crippen LogP contribution is 2.33. The molecule has 1 saturated heterocycles. The molecule has 1 amide bonds. The molecule has 0 unspecified atom stereocenters. The molecule has 4 rings (SSSR count). The number of ether oxygens (including phenoxy) is 2. The second-order valence-corrected chi connectivity index (χ2v) is 7.66. The fraction of sp³-hybridized carbons (Fsp3) is 0.304. The van der Waals surface area contributed by atoms with Gasteiger partial charge in [0.2, 0.25) is 0 Å². The lowest BCUT2D eigenvalue weighted by atomic mass is 10.1. The van der Waals surface area contributed by atoms with Crippen molar-refractivity contribution in [2.45, 2.75) is 38.7 Å². The summed E-state index contributed by atoms with van der Waals surface area (Å²) in [5, 5.41) is 3.20. The largest absolute Gasteiger partial charge is 0.490 e. The highest BCUT2D eigenvalue weighted by Gasteiger charge is 2.32. The Morgan fingerprint density at radius 1 is 1.17 bits per heavy atom. The van der Waals surface area contributed by atoms with Crippen molar-refractivity contribution in [2.75, 3.05) is 11.5 Å². The molecule has 30 heavy (non-hydrogen) atoms. The van der Waals surface area contributed by atoms with E-state index >= 15 is 0 Å². The van der Waals surface area contributed by atoms with E-state index in [0.717, 1.165) is 24.2 Å². The summed E-state index contributed by atoms with van der Waals surface area (Å²) in [4.78, 5) is 14.2. The van der Waals surface area contributed by atoms with Crippen LogP contribution in [0.5, 0.6) is 11.5 Å². The molecular weight excluding hydrogens is 403 g/mol. The van der Waals surface area contributed by atoms with Crippen LogP contribution in [0.2, 0.25) is 0 Å². The summed E-state index contributed by atoms with van der Waals surface area (Å²) in [7, 11) is 0. The fourth-order valence-electron chi connectivity index (χ4n) is 3.69. The van der Waals surface area contributed by atoms with Gasteiger partial charge < -0.3 is 14.8 Å². The molecule has 2 aliphatic rings. The Labute approximate surface area is 180 Å². The normalized spacial score (nSPS) is 18.2. The molecule has 1 N–H and O–H groups in total. The zero-order valence-electron chi connectivity index (χ0n) is 16.7. The maximum atomic E-state index is 13.2. The van der Waals surface area contributed by atoms with Crippen LogP contribution in [0.1, 0.15) is 38.2 Å². The number of hydrogen-bond donors (Lipinski definition) is 1. The molecule has 0 atom stereocenters. The van der Waals surface area contributed by atoms with Crippen LogP contribution in [0.15, 0.2) is 48.2 Å². The summed E-state index contributed by atoms with van der Waals surface area (Å²) in [6, 6.07) is 11.3. The van der Waals surface area contributed by atoms with E-state index in [1.54, 1.807) is 6.08 Å². The van der Waals surface area contributed by atoms with Crippen molar-refractivity contribution < 1.29 is 18.7 Å². The minimum absolute atomic E-state index is 0.230. The number of nitrogens with zero attached hydrogens (tertiary/aromatic N) is 1. The number of benzene rings is 2. The molecule has 0 bridgehead atoms. The van der Waals surface area contributed by atoms with Crippen LogP contribution in [-0.4, -0.2) is 23.7 Å². The Kier molecular flexibility index (Phi) is 5.99. The van der Waals surface area contributed by atoms with Crippen molar-refractivity contribution in [3.8, 4) is 11.5 Å². The Bertz CT molecular complexity index is 984. The Balaban J connectivity index is 1.57. The average molecular weight is 427 g/mol. The third kappa shape index (κ3) is 4.31. The van der Waals surface area contributed by atoms with Gasteiger partial charge in [-0.2, -0.15) is 0 Å². The molecule has 2 aromatic carbocycles. The minimum Gasteiger partial charge on any atom is -0.490 e. The van der Waals surface area contributed by atoms with Gasteiger partial charge >= 0.3 is 0 Å². The number of thiocarbonyl (C=S) groups is 1. The van der Waals surface area contributed by atoms with Crippen molar-refractivity contribution in [3.63, 3.8) is 0 Å². The van der Waals surface area contributed by atoms with Crippen molar-refractivity contribution in [2.24, 2.45) is 0 Å². The number of carbonyl (C=O) groups is 1. The van der Waals surface area contributed by atoms with Gasteiger partial charge in [-0.3, -0.25) is 9.69 Å². The first-order valence-electron chi connectivity index (χ1n) is 10.1. The van der Waals surface area contributed by atoms with E-state index in [9.17, 15) is 9.18 Å². The number of hydrogen-bond acceptors (Lipinski definition) is 4. The smallest absolute Gasteiger partial charge is 0.281 e. The topological polar surface area (TPSA) is 50.8 Å². The second kappa shape index (κ2) is 8.83. The zero-order chi connectivity index (χ0) is 21.1. The van der Waals surface area contributed by atoms with Gasteiger partial charge in [-0.25, -0.2) is 4.39 Å². The number of amides is 1. The number of nitrogens with one attached hydrogen (secondary N) is 1. The molecule has 7 heteroatoms. The van der Waals surface area contributed by atoms with Crippen LogP contribution in [0.25, 0.3) is 6.08 Å². The summed E-state index contributed by atoms with van der Waals surface area (Å²) < 4.78 is 25.1. The van der Waals surface area contributed by atoms with Gasteiger partial charge in [0, 0.05) is 0 Å². The first-order valence-corrected chi connectivity index (χ1v) is 10.5. The molecule has 156 valence electrons. The minimum atomic E-state index is -0.372. The van der Waals surface area contributed by atoms with Crippen LogP contribution in [0.4, 0.5) is 10.1 Å². The van der Waals surface area contributed by atoms with E-state index in [0.29, 0.717) is 23.7 Å². The Morgan fingerprint density at radius 2 is 1.90 bits per heavy atom. The number of carbonyl (C=O) groups excluding carboxylic acids is 1. The van der Waals surface area contributed by atoms with Crippen LogP contribution in [0.3, 0.4) is 0 Å². The molecule has 5 nitrogen and oxygen atoms in total. The monoisotopic (exact) mass is 426 g/mol. The number of rotatable bonds is 6. The van der Waals surface area contributed by atoms with Gasteiger partial charge in [0.25, 0.3) is 5.91 Å². The standard InChI is InChI=1S/C23H23FN2O3S/c1-2-28-21-14-15(7-12-20(21)29-18-5-3-4-6-18)13-19-22(27)26(23(30)25-19)17-10-8-16(24)9-11-17/h7-14,18H,2-6H2,1H3,(H,25,30)/b19-13+. The number of halogens is 1. The quantitative estimate of drug-likeness (QED) is 0.531. The summed E-state index contributed by atoms with van der Waals surface area (Å²) in [6.07, 6.45) is 6.46. The third-order valence-electron chi connectivity index (χ3n) is 5.14. The van der Waals surface area contributed by atoms with E-state index < -0.39 is 0 Å². The summed E-state index contributed by atoms with van der Waals surface area (Å²) in [5.41, 5.74) is 1.64. The molecule has 1 heterocycles. The molecule has 2 fully saturated rings. The van der Waals surface area contributed by atoms with Gasteiger partial charge in [0.15, 0.2) is 16.6 Å². The Hall–Kier alpha value is -2.93. The van der Waals surface area contributed by atoms with Crippen LogP contribution in [0, 0.1) is 5.82 Å². The molecule has 1 aliphatic heterocycles. The highest BCUT2D eigenvalue weighted by molar-refractivity contribution is 7.80. The first-order chi connectivity index (χ1) is 14.5. The molecule has 2 aromatic rings. The van der Waals surface area contributed by atoms with Crippen molar-refractivity contribution >= 4 is 35.0 Å². The average Bonchev–Trinajstić information content (AvgIpc) is 3.33. The maximum absolute atomic E-state index is 13.2. The lowest BCUT2D eigenvalue weighted by Crippen LogP contribution is -2.30. The van der Waals surface area contributed by atoms with E-state index in [-0.39, 0.29) is 22.9 Å². The van der Waals surface area contributed by atoms with E-state index in [2.05, 4.69) is 5.32 Å². The summed E-state index contributed by atoms with van der Waals surface area (Å²) in [5.74, 6) is 0.710. The number of anilines is 1. The SMILES string of the molecule is CCOc1cc(/C=C2/NC(=S)N(c3ccc(F)cc3)C2=O)ccc1OC1CCCC1. The zero-order valence-corrected chi connectivity index (χ0v) is 17.5. The van der Waals surface area contributed by atoms with Gasteiger partial charge in [0.05, 0.1) is 18.4 Å². The third-order valence-corrected chi connectivity index (χ3v) is 5.42. The van der Waals surface area contributed by atoms with Gasteiger partial charge in [-0.05, 0) is 92.9 Å². The van der Waals surface area contributed by atoms with Crippen molar-refractivity contribution in [3.05, 3.63) is 59.5 Å². The molecule has 0 spiro atoms. The molecule has 1 saturated carbocycles.